The Labute approximate surface area is 352 Å². The standard InChI is InChI=1S/C49H93N3O5/c1-6-10-14-18-20-26-34-45(32-24-16-12-8-3)48(54)56-40-30-23-22-29-38-51(44(5)52-39-37-50-43-52)42-47(53)36-28-31-41-57-49(55)46(33-25-17-13-9-4)35-27-21-19-15-11-7-2/h37,39,43-47,53H,6-36,38,40-42H2,1-5H3. The summed E-state index contributed by atoms with van der Waals surface area (Å²) in [6.07, 6.45) is 39.9. The molecule has 4 unspecified atom stereocenters. The molecule has 8 heteroatoms. The van der Waals surface area contributed by atoms with E-state index in [0.29, 0.717) is 26.2 Å². The highest BCUT2D eigenvalue weighted by Crippen LogP contribution is 2.23. The van der Waals surface area contributed by atoms with Crippen LogP contribution in [0.1, 0.15) is 240 Å². The summed E-state index contributed by atoms with van der Waals surface area (Å²) in [5.74, 6) is 0.108. The summed E-state index contributed by atoms with van der Waals surface area (Å²) in [6, 6.07) is 0. The number of aliphatic hydroxyl groups excluding tert-OH is 1. The van der Waals surface area contributed by atoms with Crippen molar-refractivity contribution in [3.63, 3.8) is 0 Å². The first-order valence-electron chi connectivity index (χ1n) is 24.6. The van der Waals surface area contributed by atoms with E-state index in [1.54, 1.807) is 6.20 Å². The second-order valence-corrected chi connectivity index (χ2v) is 17.2. The molecule has 1 heterocycles. The SMILES string of the molecule is CCCCCCCCC(CCCCCC)C(=O)OCCCCCCN(CC(O)CCCCOC(=O)C(CCCCCC)CCCCCCCC)C(C)n1ccnc1. The zero-order valence-electron chi connectivity index (χ0n) is 38.2. The Hall–Kier alpha value is -1.93. The van der Waals surface area contributed by atoms with Crippen LogP contribution in [0.3, 0.4) is 0 Å². The molecule has 0 saturated heterocycles. The molecule has 1 rings (SSSR count). The molecule has 0 saturated carbocycles. The third-order valence-electron chi connectivity index (χ3n) is 12.0. The van der Waals surface area contributed by atoms with Crippen molar-refractivity contribution in [2.24, 2.45) is 11.8 Å². The maximum Gasteiger partial charge on any atom is 0.308 e. The van der Waals surface area contributed by atoms with Crippen molar-refractivity contribution in [3.8, 4) is 0 Å². The molecule has 334 valence electrons. The largest absolute Gasteiger partial charge is 0.465 e. The Morgan fingerprint density at radius 2 is 0.947 bits per heavy atom. The summed E-state index contributed by atoms with van der Waals surface area (Å²) in [5.41, 5.74) is 0. The van der Waals surface area contributed by atoms with Gasteiger partial charge in [0.1, 0.15) is 0 Å². The number of hydrogen-bond acceptors (Lipinski definition) is 7. The number of carbonyl (C=O) groups is 2. The molecule has 1 N–H and O–H groups in total. The summed E-state index contributed by atoms with van der Waals surface area (Å²) >= 11 is 0. The molecule has 1 aromatic rings. The van der Waals surface area contributed by atoms with Gasteiger partial charge in [-0.05, 0) is 64.7 Å². The fourth-order valence-electron chi connectivity index (χ4n) is 8.04. The van der Waals surface area contributed by atoms with Crippen molar-refractivity contribution in [3.05, 3.63) is 18.7 Å². The van der Waals surface area contributed by atoms with Gasteiger partial charge in [-0.1, -0.05) is 169 Å². The molecule has 4 atom stereocenters. The molecule has 0 radical (unpaired) electrons. The normalized spacial score (nSPS) is 13.8. The average molecular weight is 804 g/mol. The fourth-order valence-corrected chi connectivity index (χ4v) is 8.04. The summed E-state index contributed by atoms with van der Waals surface area (Å²) in [5, 5.41) is 11.1. The molecular formula is C49H93N3O5. The van der Waals surface area contributed by atoms with Crippen LogP contribution < -0.4 is 0 Å². The number of carbonyl (C=O) groups excluding carboxylic acids is 2. The molecule has 1 aromatic heterocycles. The lowest BCUT2D eigenvalue weighted by Gasteiger charge is -2.31. The van der Waals surface area contributed by atoms with Crippen LogP contribution in [0.25, 0.3) is 0 Å². The van der Waals surface area contributed by atoms with Crippen molar-refractivity contribution in [1.29, 1.82) is 0 Å². The Morgan fingerprint density at radius 1 is 0.561 bits per heavy atom. The van der Waals surface area contributed by atoms with Crippen LogP contribution in [0.2, 0.25) is 0 Å². The molecule has 8 nitrogen and oxygen atoms in total. The number of aliphatic hydroxyl groups is 1. The Kier molecular flexibility index (Phi) is 35.7. The monoisotopic (exact) mass is 804 g/mol. The van der Waals surface area contributed by atoms with Crippen molar-refractivity contribution >= 4 is 11.9 Å². The summed E-state index contributed by atoms with van der Waals surface area (Å²) in [7, 11) is 0. The maximum atomic E-state index is 13.1. The van der Waals surface area contributed by atoms with E-state index < -0.39 is 6.10 Å². The number of hydrogen-bond donors (Lipinski definition) is 1. The van der Waals surface area contributed by atoms with Gasteiger partial charge in [-0.2, -0.15) is 0 Å². The van der Waals surface area contributed by atoms with Crippen molar-refractivity contribution < 1.29 is 24.2 Å². The lowest BCUT2D eigenvalue weighted by atomic mass is 9.94. The van der Waals surface area contributed by atoms with E-state index in [9.17, 15) is 14.7 Å². The van der Waals surface area contributed by atoms with Crippen LogP contribution in [-0.2, 0) is 19.1 Å². The molecule has 0 aliphatic carbocycles. The zero-order valence-corrected chi connectivity index (χ0v) is 38.2. The molecule has 0 spiro atoms. The second kappa shape index (κ2) is 38.3. The van der Waals surface area contributed by atoms with Gasteiger partial charge < -0.3 is 19.1 Å². The summed E-state index contributed by atoms with van der Waals surface area (Å²) in [4.78, 5) is 32.7. The molecule has 0 bridgehead atoms. The van der Waals surface area contributed by atoms with Gasteiger partial charge in [-0.3, -0.25) is 14.5 Å². The highest BCUT2D eigenvalue weighted by Gasteiger charge is 2.22. The zero-order chi connectivity index (χ0) is 41.6. The van der Waals surface area contributed by atoms with Gasteiger partial charge in [0.05, 0.1) is 43.6 Å². The minimum atomic E-state index is -0.448. The van der Waals surface area contributed by atoms with E-state index in [0.717, 1.165) is 96.4 Å². The molecule has 0 aliphatic heterocycles. The molecule has 57 heavy (non-hydrogen) atoms. The van der Waals surface area contributed by atoms with E-state index in [1.165, 1.54) is 103 Å². The summed E-state index contributed by atoms with van der Waals surface area (Å²) in [6.45, 7) is 13.6. The highest BCUT2D eigenvalue weighted by atomic mass is 16.5. The number of imidazole rings is 1. The van der Waals surface area contributed by atoms with Gasteiger partial charge in [0.25, 0.3) is 0 Å². The van der Waals surface area contributed by atoms with Gasteiger partial charge in [-0.15, -0.1) is 0 Å². The lowest BCUT2D eigenvalue weighted by molar-refractivity contribution is -0.150. The van der Waals surface area contributed by atoms with Crippen LogP contribution in [0.15, 0.2) is 18.7 Å². The Bertz CT molecular complexity index is 1020. The molecule has 0 amide bonds. The van der Waals surface area contributed by atoms with E-state index in [-0.39, 0.29) is 29.9 Å². The predicted molar refractivity (Wildman–Crippen MR) is 239 cm³/mol. The van der Waals surface area contributed by atoms with Crippen LogP contribution in [0, 0.1) is 11.8 Å². The van der Waals surface area contributed by atoms with Gasteiger partial charge in [-0.25, -0.2) is 4.98 Å². The smallest absolute Gasteiger partial charge is 0.308 e. The number of aromatic nitrogens is 2. The third-order valence-corrected chi connectivity index (χ3v) is 12.0. The van der Waals surface area contributed by atoms with Crippen molar-refractivity contribution in [2.45, 2.75) is 246 Å². The summed E-state index contributed by atoms with van der Waals surface area (Å²) < 4.78 is 13.7. The third kappa shape index (κ3) is 29.0. The maximum absolute atomic E-state index is 13.1. The number of ether oxygens (including phenoxy) is 2. The van der Waals surface area contributed by atoms with Crippen LogP contribution in [-0.4, -0.2) is 63.9 Å². The van der Waals surface area contributed by atoms with Crippen molar-refractivity contribution in [2.75, 3.05) is 26.3 Å². The highest BCUT2D eigenvalue weighted by molar-refractivity contribution is 5.72. The van der Waals surface area contributed by atoms with Gasteiger partial charge in [0, 0.05) is 25.5 Å². The van der Waals surface area contributed by atoms with E-state index in [1.807, 2.05) is 12.5 Å². The molecule has 0 aliphatic rings. The average Bonchev–Trinajstić information content (AvgIpc) is 3.76. The first-order chi connectivity index (χ1) is 27.9. The van der Waals surface area contributed by atoms with E-state index >= 15 is 0 Å². The van der Waals surface area contributed by atoms with E-state index in [4.69, 9.17) is 9.47 Å². The molecule has 0 fully saturated rings. The van der Waals surface area contributed by atoms with Crippen molar-refractivity contribution in [1.82, 2.24) is 14.5 Å². The van der Waals surface area contributed by atoms with Crippen LogP contribution >= 0.6 is 0 Å². The van der Waals surface area contributed by atoms with Crippen LogP contribution in [0.5, 0.6) is 0 Å². The molecular weight excluding hydrogens is 711 g/mol. The Balaban J connectivity index is 2.46. The quantitative estimate of drug-likeness (QED) is 0.0519. The van der Waals surface area contributed by atoms with E-state index in [2.05, 4.69) is 49.1 Å². The van der Waals surface area contributed by atoms with Gasteiger partial charge in [0.15, 0.2) is 0 Å². The van der Waals surface area contributed by atoms with Crippen LogP contribution in [0.4, 0.5) is 0 Å². The predicted octanol–water partition coefficient (Wildman–Crippen LogP) is 13.6. The Morgan fingerprint density at radius 3 is 1.40 bits per heavy atom. The first kappa shape index (κ1) is 53.1. The second-order valence-electron chi connectivity index (χ2n) is 17.2. The minimum Gasteiger partial charge on any atom is -0.465 e. The van der Waals surface area contributed by atoms with Gasteiger partial charge in [0.2, 0.25) is 0 Å². The lowest BCUT2D eigenvalue weighted by Crippen LogP contribution is -2.37. The molecule has 0 aromatic carbocycles. The van der Waals surface area contributed by atoms with Gasteiger partial charge >= 0.3 is 11.9 Å². The number of unbranched alkanes of at least 4 members (excludes halogenated alkanes) is 20. The number of nitrogens with zero attached hydrogens (tertiary/aromatic N) is 3. The number of esters is 2. The fraction of sp³-hybridized carbons (Fsp3) is 0.898. The first-order valence-corrected chi connectivity index (χ1v) is 24.6. The number of rotatable bonds is 42. The minimum absolute atomic E-state index is 0.00963. The topological polar surface area (TPSA) is 93.9 Å².